The van der Waals surface area contributed by atoms with E-state index in [1.807, 2.05) is 36.4 Å². The number of halogens is 2. The molecule has 5 aromatic rings. The van der Waals surface area contributed by atoms with Gasteiger partial charge in [-0.25, -0.2) is 14.0 Å². The van der Waals surface area contributed by atoms with Crippen LogP contribution in [0.1, 0.15) is 43.9 Å². The highest BCUT2D eigenvalue weighted by molar-refractivity contribution is 6.35. The van der Waals surface area contributed by atoms with Crippen molar-refractivity contribution >= 4 is 34.6 Å². The van der Waals surface area contributed by atoms with E-state index >= 15 is 0 Å². The maximum atomic E-state index is 13.0. The van der Waals surface area contributed by atoms with E-state index in [9.17, 15) is 10.1 Å². The minimum Gasteiger partial charge on any atom is -0.491 e. The predicted molar refractivity (Wildman–Crippen MR) is 198 cm³/mol. The second-order valence-electron chi connectivity index (χ2n) is 12.8. The second-order valence-corrected chi connectivity index (χ2v) is 13.6. The van der Waals surface area contributed by atoms with Crippen molar-refractivity contribution < 1.29 is 14.2 Å². The molecule has 4 heterocycles. The second kappa shape index (κ2) is 15.4. The van der Waals surface area contributed by atoms with Crippen LogP contribution in [0.25, 0.3) is 5.69 Å². The highest BCUT2D eigenvalue weighted by Gasteiger charge is 2.46. The number of hydrogen-bond donors (Lipinski definition) is 0. The largest absolute Gasteiger partial charge is 0.491 e. The number of hydrogen-bond acceptors (Lipinski definition) is 10. The van der Waals surface area contributed by atoms with E-state index < -0.39 is 11.9 Å². The molecule has 3 aromatic carbocycles. The molecular weight excluding hydrogens is 705 g/mol. The molecule has 2 aliphatic rings. The van der Waals surface area contributed by atoms with Gasteiger partial charge in [0.25, 0.3) is 0 Å². The first-order valence-electron chi connectivity index (χ1n) is 17.4. The first kappa shape index (κ1) is 35.5. The minimum atomic E-state index is -1.24. The molecular formula is C37H39Cl2N9O4. The molecule has 15 heteroatoms. The normalized spacial score (nSPS) is 19.0. The molecule has 13 nitrogen and oxygen atoms in total. The van der Waals surface area contributed by atoms with Gasteiger partial charge in [-0.2, -0.15) is 25.4 Å². The lowest BCUT2D eigenvalue weighted by molar-refractivity contribution is -0.192. The van der Waals surface area contributed by atoms with Crippen molar-refractivity contribution in [2.45, 2.75) is 51.2 Å². The lowest BCUT2D eigenvalue weighted by Gasteiger charge is -2.37. The average Bonchev–Trinajstić information content (AvgIpc) is 3.93. The molecule has 0 aliphatic carbocycles. The van der Waals surface area contributed by atoms with E-state index in [2.05, 4.69) is 45.0 Å². The number of rotatable bonds is 12. The van der Waals surface area contributed by atoms with Crippen molar-refractivity contribution in [1.29, 1.82) is 5.26 Å². The predicted octanol–water partition coefficient (Wildman–Crippen LogP) is 5.84. The van der Waals surface area contributed by atoms with Gasteiger partial charge in [0.15, 0.2) is 0 Å². The summed E-state index contributed by atoms with van der Waals surface area (Å²) in [6, 6.07) is 21.2. The molecule has 270 valence electrons. The minimum absolute atomic E-state index is 0.0936. The monoisotopic (exact) mass is 743 g/mol. The molecule has 0 bridgehead atoms. The summed E-state index contributed by atoms with van der Waals surface area (Å²) < 4.78 is 22.0. The topological polar surface area (TPSA) is 128 Å². The van der Waals surface area contributed by atoms with Crippen LogP contribution in [0.4, 0.5) is 11.4 Å². The summed E-state index contributed by atoms with van der Waals surface area (Å²) in [7, 11) is 0. The Balaban J connectivity index is 0.965. The maximum Gasteiger partial charge on any atom is 0.350 e. The molecule has 0 radical (unpaired) electrons. The average molecular weight is 745 g/mol. The van der Waals surface area contributed by atoms with Gasteiger partial charge in [0.1, 0.15) is 37.4 Å². The van der Waals surface area contributed by atoms with E-state index in [0.717, 1.165) is 56.1 Å². The van der Waals surface area contributed by atoms with E-state index in [-0.39, 0.29) is 31.5 Å². The van der Waals surface area contributed by atoms with Gasteiger partial charge in [-0.15, -0.1) is 0 Å². The van der Waals surface area contributed by atoms with Gasteiger partial charge in [0, 0.05) is 42.5 Å². The summed E-state index contributed by atoms with van der Waals surface area (Å²) in [5, 5.41) is 23.8. The fourth-order valence-electron chi connectivity index (χ4n) is 6.83. The number of aromatic nitrogens is 6. The van der Waals surface area contributed by atoms with Crippen molar-refractivity contribution in [3.05, 3.63) is 111 Å². The van der Waals surface area contributed by atoms with E-state index in [1.54, 1.807) is 52.2 Å². The first-order valence-corrected chi connectivity index (χ1v) is 18.1. The standard InChI is InChI=1S/C37H39Cl2N9O4/c1-3-28(4-2)48-36(49)46(25-43-48)30-8-6-29(7-9-30)44-15-17-45(18-16-44)35-12-10-31(19-26(35)21-40)50-22-32-23-51-37(52-32,24-47-41-13-14-42-47)33-11-5-27(38)20-34(33)39/h5-14,19-20,25,28,32H,3-4,15-18,22-24H2,1-2H3/t32-,37-/m1/s1. The van der Waals surface area contributed by atoms with E-state index in [1.165, 1.54) is 4.80 Å². The number of piperazine rings is 1. The molecule has 2 fully saturated rings. The highest BCUT2D eigenvalue weighted by atomic mass is 35.5. The Morgan fingerprint density at radius 1 is 0.942 bits per heavy atom. The number of nitrogens with zero attached hydrogens (tertiary/aromatic N) is 9. The van der Waals surface area contributed by atoms with Crippen LogP contribution in [-0.4, -0.2) is 74.8 Å². The Morgan fingerprint density at radius 3 is 2.35 bits per heavy atom. The van der Waals surface area contributed by atoms with Crippen molar-refractivity contribution in [2.75, 3.05) is 49.2 Å². The third kappa shape index (κ3) is 7.25. The molecule has 0 unspecified atom stereocenters. The number of anilines is 2. The van der Waals surface area contributed by atoms with Crippen molar-refractivity contribution in [1.82, 2.24) is 29.3 Å². The summed E-state index contributed by atoms with van der Waals surface area (Å²) in [5.41, 5.74) is 3.75. The lowest BCUT2D eigenvalue weighted by Crippen LogP contribution is -2.46. The summed E-state index contributed by atoms with van der Waals surface area (Å²) in [5.74, 6) is -0.681. The van der Waals surface area contributed by atoms with Gasteiger partial charge in [-0.3, -0.25) is 0 Å². The smallest absolute Gasteiger partial charge is 0.350 e. The van der Waals surface area contributed by atoms with Crippen molar-refractivity contribution in [2.24, 2.45) is 0 Å². The summed E-state index contributed by atoms with van der Waals surface area (Å²) in [4.78, 5) is 19.0. The Labute approximate surface area is 311 Å². The zero-order valence-corrected chi connectivity index (χ0v) is 30.4. The SMILES string of the molecule is CCC(CC)n1ncn(-c2ccc(N3CCN(c4ccc(OC[C@@H]5CO[C@@](Cn6nccn6)(c6ccc(Cl)cc6Cl)O5)cc4C#N)CC3)cc2)c1=O. The van der Waals surface area contributed by atoms with Crippen LogP contribution in [0.3, 0.4) is 0 Å². The summed E-state index contributed by atoms with van der Waals surface area (Å²) >= 11 is 12.7. The van der Waals surface area contributed by atoms with E-state index in [0.29, 0.717) is 26.9 Å². The summed E-state index contributed by atoms with van der Waals surface area (Å²) in [6.45, 7) is 7.79. The van der Waals surface area contributed by atoms with Gasteiger partial charge >= 0.3 is 5.69 Å². The molecule has 0 N–H and O–H groups in total. The first-order chi connectivity index (χ1) is 25.3. The van der Waals surface area contributed by atoms with Crippen LogP contribution in [0.15, 0.2) is 84.2 Å². The van der Waals surface area contributed by atoms with Crippen LogP contribution >= 0.6 is 23.2 Å². The molecule has 2 aromatic heterocycles. The van der Waals surface area contributed by atoms with Gasteiger partial charge in [-0.1, -0.05) is 43.1 Å². The Kier molecular flexibility index (Phi) is 10.5. The van der Waals surface area contributed by atoms with Crippen LogP contribution in [0.5, 0.6) is 5.75 Å². The van der Waals surface area contributed by atoms with Crippen LogP contribution in [0.2, 0.25) is 10.0 Å². The fraction of sp³-hybridized carbons (Fsp3) is 0.378. The molecule has 0 spiro atoms. The Morgan fingerprint density at radius 2 is 1.65 bits per heavy atom. The third-order valence-electron chi connectivity index (χ3n) is 9.64. The highest BCUT2D eigenvalue weighted by Crippen LogP contribution is 2.40. The zero-order chi connectivity index (χ0) is 36.2. The molecule has 2 aliphatic heterocycles. The van der Waals surface area contributed by atoms with Gasteiger partial charge in [0.2, 0.25) is 5.79 Å². The Bertz CT molecular complexity index is 2090. The maximum absolute atomic E-state index is 13.0. The number of benzene rings is 3. The number of ether oxygens (including phenoxy) is 3. The third-order valence-corrected chi connectivity index (χ3v) is 10.2. The van der Waals surface area contributed by atoms with Crippen molar-refractivity contribution in [3.63, 3.8) is 0 Å². The molecule has 0 saturated carbocycles. The van der Waals surface area contributed by atoms with Crippen LogP contribution in [-0.2, 0) is 21.8 Å². The number of nitriles is 1. The van der Waals surface area contributed by atoms with Crippen LogP contribution < -0.4 is 20.2 Å². The Hall–Kier alpha value is -4.87. The quantitative estimate of drug-likeness (QED) is 0.154. The molecule has 0 amide bonds. The van der Waals surface area contributed by atoms with Gasteiger partial charge in [-0.05, 0) is 67.4 Å². The molecule has 7 rings (SSSR count). The lowest BCUT2D eigenvalue weighted by atomic mass is 10.1. The van der Waals surface area contributed by atoms with Crippen molar-refractivity contribution in [3.8, 4) is 17.5 Å². The molecule has 2 saturated heterocycles. The van der Waals surface area contributed by atoms with Gasteiger partial charge in [0.05, 0.1) is 47.0 Å². The van der Waals surface area contributed by atoms with Crippen LogP contribution in [0, 0.1) is 11.3 Å². The molecule has 52 heavy (non-hydrogen) atoms. The van der Waals surface area contributed by atoms with E-state index in [4.69, 9.17) is 37.4 Å². The molecule has 2 atom stereocenters. The van der Waals surface area contributed by atoms with Gasteiger partial charge < -0.3 is 24.0 Å². The summed E-state index contributed by atoms with van der Waals surface area (Å²) in [6.07, 6.45) is 6.05. The zero-order valence-electron chi connectivity index (χ0n) is 28.9. The fourth-order valence-corrected chi connectivity index (χ4v) is 7.39.